The second-order valence-electron chi connectivity index (χ2n) is 5.32. The smallest absolute Gasteiger partial charge is 0.0414 e. The number of hydrogen-bond donors (Lipinski definition) is 1. The second kappa shape index (κ2) is 7.20. The lowest BCUT2D eigenvalue weighted by Crippen LogP contribution is -2.45. The topological polar surface area (TPSA) is 15.3 Å². The fraction of sp³-hybridized carbons (Fsp3) is 0.625. The molecule has 2 atom stereocenters. The predicted molar refractivity (Wildman–Crippen MR) is 87.2 cm³/mol. The van der Waals surface area contributed by atoms with Gasteiger partial charge >= 0.3 is 0 Å². The van der Waals surface area contributed by atoms with Crippen LogP contribution in [0.4, 0.5) is 5.69 Å². The summed E-state index contributed by atoms with van der Waals surface area (Å²) >= 11 is 2.09. The first-order chi connectivity index (χ1) is 9.24. The maximum absolute atomic E-state index is 3.53. The van der Waals surface area contributed by atoms with Crippen LogP contribution in [-0.2, 0) is 6.54 Å². The lowest BCUT2D eigenvalue weighted by molar-refractivity contribution is 0.618. The van der Waals surface area contributed by atoms with Gasteiger partial charge in [-0.15, -0.1) is 0 Å². The van der Waals surface area contributed by atoms with Gasteiger partial charge in [0.1, 0.15) is 0 Å². The van der Waals surface area contributed by atoms with E-state index in [1.54, 1.807) is 0 Å². The third-order valence-corrected chi connectivity index (χ3v) is 5.27. The first-order valence-corrected chi connectivity index (χ1v) is 8.45. The van der Waals surface area contributed by atoms with Gasteiger partial charge in [0, 0.05) is 35.8 Å². The van der Waals surface area contributed by atoms with Crippen LogP contribution in [0, 0.1) is 0 Å². The Hall–Kier alpha value is -0.670. The number of rotatable bonds is 5. The number of hydrogen-bond acceptors (Lipinski definition) is 3. The first-order valence-electron chi connectivity index (χ1n) is 7.41. The van der Waals surface area contributed by atoms with Crippen LogP contribution in [0.5, 0.6) is 0 Å². The molecule has 2 rings (SSSR count). The largest absolute Gasteiger partial charge is 0.367 e. The minimum atomic E-state index is 0.617. The Labute approximate surface area is 122 Å². The number of nitrogens with one attached hydrogen (secondary N) is 1. The van der Waals surface area contributed by atoms with Crippen molar-refractivity contribution in [2.24, 2.45) is 0 Å². The summed E-state index contributed by atoms with van der Waals surface area (Å²) in [5, 5.41) is 4.24. The van der Waals surface area contributed by atoms with Crippen molar-refractivity contribution in [3.05, 3.63) is 29.8 Å². The molecule has 0 aromatic heterocycles. The molecule has 2 unspecified atom stereocenters. The van der Waals surface area contributed by atoms with E-state index in [9.17, 15) is 0 Å². The third-order valence-electron chi connectivity index (χ3n) is 3.93. The molecule has 2 nitrogen and oxygen atoms in total. The molecule has 0 radical (unpaired) electrons. The summed E-state index contributed by atoms with van der Waals surface area (Å²) in [7, 11) is 0. The van der Waals surface area contributed by atoms with Gasteiger partial charge in [-0.25, -0.2) is 0 Å². The minimum Gasteiger partial charge on any atom is -0.367 e. The SMILES string of the molecule is CCCNCc1ccccc1N1CCSC(C)C1C. The van der Waals surface area contributed by atoms with Crippen LogP contribution in [0.3, 0.4) is 0 Å². The Kier molecular flexibility index (Phi) is 5.59. The molecule has 1 aliphatic heterocycles. The van der Waals surface area contributed by atoms with Gasteiger partial charge in [-0.1, -0.05) is 32.0 Å². The van der Waals surface area contributed by atoms with E-state index in [1.807, 2.05) is 0 Å². The Bertz CT molecular complexity index is 394. The molecule has 0 spiro atoms. The highest BCUT2D eigenvalue weighted by Crippen LogP contribution is 2.31. The summed E-state index contributed by atoms with van der Waals surface area (Å²) in [6, 6.07) is 9.47. The molecule has 0 amide bonds. The van der Waals surface area contributed by atoms with Gasteiger partial charge in [-0.05, 0) is 31.5 Å². The Morgan fingerprint density at radius 3 is 2.89 bits per heavy atom. The van der Waals surface area contributed by atoms with Crippen LogP contribution in [-0.4, -0.2) is 30.1 Å². The Morgan fingerprint density at radius 1 is 1.32 bits per heavy atom. The quantitative estimate of drug-likeness (QED) is 0.830. The van der Waals surface area contributed by atoms with E-state index in [0.717, 1.165) is 13.1 Å². The molecule has 1 aliphatic rings. The van der Waals surface area contributed by atoms with E-state index in [2.05, 4.69) is 67.0 Å². The van der Waals surface area contributed by atoms with Crippen molar-refractivity contribution in [3.63, 3.8) is 0 Å². The summed E-state index contributed by atoms with van der Waals surface area (Å²) < 4.78 is 0. The number of thioether (sulfide) groups is 1. The molecule has 0 aliphatic carbocycles. The van der Waals surface area contributed by atoms with Crippen molar-refractivity contribution in [2.45, 2.75) is 45.0 Å². The van der Waals surface area contributed by atoms with E-state index in [4.69, 9.17) is 0 Å². The van der Waals surface area contributed by atoms with Gasteiger partial charge in [-0.3, -0.25) is 0 Å². The molecule has 0 bridgehead atoms. The van der Waals surface area contributed by atoms with Crippen LogP contribution < -0.4 is 10.2 Å². The van der Waals surface area contributed by atoms with E-state index in [1.165, 1.54) is 30.0 Å². The molecule has 106 valence electrons. The standard InChI is InChI=1S/C16H26N2S/c1-4-9-17-12-15-7-5-6-8-16(15)18-10-11-19-14(3)13(18)2/h5-8,13-14,17H,4,9-12H2,1-3H3. The monoisotopic (exact) mass is 278 g/mol. The number of nitrogens with zero attached hydrogens (tertiary/aromatic N) is 1. The summed E-state index contributed by atoms with van der Waals surface area (Å²) in [5.41, 5.74) is 2.85. The highest BCUT2D eigenvalue weighted by atomic mass is 32.2. The van der Waals surface area contributed by atoms with E-state index in [0.29, 0.717) is 11.3 Å². The average Bonchev–Trinajstić information content (AvgIpc) is 2.43. The molecule has 1 aromatic rings. The highest BCUT2D eigenvalue weighted by Gasteiger charge is 2.26. The normalized spacial score (nSPS) is 23.6. The van der Waals surface area contributed by atoms with Crippen LogP contribution in [0.2, 0.25) is 0 Å². The van der Waals surface area contributed by atoms with Crippen LogP contribution in [0.15, 0.2) is 24.3 Å². The zero-order valence-corrected chi connectivity index (χ0v) is 13.2. The van der Waals surface area contributed by atoms with Crippen molar-refractivity contribution in [1.29, 1.82) is 0 Å². The molecule has 3 heteroatoms. The van der Waals surface area contributed by atoms with Crippen LogP contribution >= 0.6 is 11.8 Å². The lowest BCUT2D eigenvalue weighted by atomic mass is 10.1. The van der Waals surface area contributed by atoms with Crippen molar-refractivity contribution in [2.75, 3.05) is 23.7 Å². The first kappa shape index (κ1) is 14.7. The van der Waals surface area contributed by atoms with E-state index in [-0.39, 0.29) is 0 Å². The van der Waals surface area contributed by atoms with Gasteiger partial charge in [0.25, 0.3) is 0 Å². The number of anilines is 1. The second-order valence-corrected chi connectivity index (χ2v) is 6.80. The molecular formula is C16H26N2S. The maximum atomic E-state index is 3.53. The molecule has 0 saturated carbocycles. The minimum absolute atomic E-state index is 0.617. The van der Waals surface area contributed by atoms with Gasteiger partial charge in [0.15, 0.2) is 0 Å². The Morgan fingerprint density at radius 2 is 2.11 bits per heavy atom. The number of para-hydroxylation sites is 1. The van der Waals surface area contributed by atoms with Gasteiger partial charge < -0.3 is 10.2 Å². The molecule has 1 N–H and O–H groups in total. The summed E-state index contributed by atoms with van der Waals surface area (Å²) in [5.74, 6) is 1.24. The molecule has 1 fully saturated rings. The summed E-state index contributed by atoms with van der Waals surface area (Å²) in [6.45, 7) is 10.2. The van der Waals surface area contributed by atoms with Crippen LogP contribution in [0.1, 0.15) is 32.8 Å². The van der Waals surface area contributed by atoms with Crippen molar-refractivity contribution < 1.29 is 0 Å². The zero-order valence-electron chi connectivity index (χ0n) is 12.4. The van der Waals surface area contributed by atoms with Crippen molar-refractivity contribution >= 4 is 17.4 Å². The van der Waals surface area contributed by atoms with Crippen molar-refractivity contribution in [1.82, 2.24) is 5.32 Å². The molecule has 1 heterocycles. The fourth-order valence-electron chi connectivity index (χ4n) is 2.61. The van der Waals surface area contributed by atoms with Gasteiger partial charge in [-0.2, -0.15) is 11.8 Å². The Balaban J connectivity index is 2.13. The number of benzene rings is 1. The van der Waals surface area contributed by atoms with Crippen LogP contribution in [0.25, 0.3) is 0 Å². The average molecular weight is 278 g/mol. The third kappa shape index (κ3) is 3.67. The van der Waals surface area contributed by atoms with E-state index >= 15 is 0 Å². The van der Waals surface area contributed by atoms with Crippen molar-refractivity contribution in [3.8, 4) is 0 Å². The highest BCUT2D eigenvalue weighted by molar-refractivity contribution is 8.00. The summed E-state index contributed by atoms with van der Waals surface area (Å²) in [6.07, 6.45) is 1.19. The molecule has 1 saturated heterocycles. The zero-order chi connectivity index (χ0) is 13.7. The molecular weight excluding hydrogens is 252 g/mol. The predicted octanol–water partition coefficient (Wildman–Crippen LogP) is 3.52. The lowest BCUT2D eigenvalue weighted by Gasteiger charge is -2.40. The van der Waals surface area contributed by atoms with Gasteiger partial charge in [0.2, 0.25) is 0 Å². The van der Waals surface area contributed by atoms with Gasteiger partial charge in [0.05, 0.1) is 0 Å². The molecule has 19 heavy (non-hydrogen) atoms. The fourth-order valence-corrected chi connectivity index (χ4v) is 3.71. The molecule has 1 aromatic carbocycles. The summed E-state index contributed by atoms with van der Waals surface area (Å²) in [4.78, 5) is 2.59. The maximum Gasteiger partial charge on any atom is 0.0414 e. The van der Waals surface area contributed by atoms with E-state index < -0.39 is 0 Å².